The number of benzene rings is 1. The number of nitrogens with one attached hydrogen (secondary N) is 1. The van der Waals surface area contributed by atoms with Gasteiger partial charge in [-0.25, -0.2) is 9.18 Å². The van der Waals surface area contributed by atoms with Crippen LogP contribution in [0, 0.1) is 5.82 Å². The smallest absolute Gasteiger partial charge is 0.329 e. The van der Waals surface area contributed by atoms with Gasteiger partial charge in [-0.2, -0.15) is 0 Å². The second-order valence-electron chi connectivity index (χ2n) is 4.09. The Morgan fingerprint density at radius 1 is 1.41 bits per heavy atom. The molecule has 0 aromatic heterocycles. The molecule has 92 valence electrons. The maximum Gasteiger partial charge on any atom is 0.329 e. The molecule has 1 rings (SSSR count). The van der Waals surface area contributed by atoms with E-state index in [2.05, 4.69) is 5.32 Å². The van der Waals surface area contributed by atoms with E-state index in [0.29, 0.717) is 0 Å². The summed E-state index contributed by atoms with van der Waals surface area (Å²) < 4.78 is 13.4. The molecule has 1 aromatic carbocycles. The third-order valence-electron chi connectivity index (χ3n) is 2.43. The highest BCUT2D eigenvalue weighted by molar-refractivity contribution is 5.85. The average Bonchev–Trinajstić information content (AvgIpc) is 2.20. The third kappa shape index (κ3) is 3.27. The van der Waals surface area contributed by atoms with Crippen molar-refractivity contribution < 1.29 is 19.1 Å². The minimum atomic E-state index is -1.51. The van der Waals surface area contributed by atoms with E-state index in [-0.39, 0.29) is 12.0 Å². The summed E-state index contributed by atoms with van der Waals surface area (Å²) in [5, 5.41) is 11.4. The van der Waals surface area contributed by atoms with Crippen molar-refractivity contribution in [3.63, 3.8) is 0 Å². The number of halogens is 1. The fourth-order valence-corrected chi connectivity index (χ4v) is 1.58. The van der Waals surface area contributed by atoms with Gasteiger partial charge in [-0.15, -0.1) is 0 Å². The minimum Gasteiger partial charge on any atom is -0.480 e. The maximum absolute atomic E-state index is 13.4. The van der Waals surface area contributed by atoms with E-state index in [9.17, 15) is 14.0 Å². The molecule has 0 aliphatic heterocycles. The molecule has 0 heterocycles. The van der Waals surface area contributed by atoms with E-state index in [1.54, 1.807) is 6.07 Å². The van der Waals surface area contributed by atoms with Crippen molar-refractivity contribution in [3.8, 4) is 0 Å². The van der Waals surface area contributed by atoms with Crippen LogP contribution in [-0.4, -0.2) is 22.5 Å². The number of hydrogen-bond donors (Lipinski definition) is 2. The molecule has 0 saturated carbocycles. The van der Waals surface area contributed by atoms with Crippen LogP contribution in [0.15, 0.2) is 24.3 Å². The van der Waals surface area contributed by atoms with Gasteiger partial charge in [0.2, 0.25) is 5.91 Å². The Morgan fingerprint density at radius 2 is 2.00 bits per heavy atom. The lowest BCUT2D eigenvalue weighted by atomic mass is 9.92. The lowest BCUT2D eigenvalue weighted by molar-refractivity contribution is -0.146. The van der Waals surface area contributed by atoms with E-state index >= 15 is 0 Å². The van der Waals surface area contributed by atoms with E-state index in [1.807, 2.05) is 0 Å². The standard InChI is InChI=1S/C12H14FNO3/c1-8(15)14-12(2,11(16)17)7-9-5-3-4-6-10(9)13/h3-6H,7H2,1-2H3,(H,14,15)(H,16,17). The zero-order valence-electron chi connectivity index (χ0n) is 9.66. The summed E-state index contributed by atoms with van der Waals surface area (Å²) in [6.45, 7) is 2.58. The SMILES string of the molecule is CC(=O)NC(C)(Cc1ccccc1F)C(=O)O. The zero-order chi connectivity index (χ0) is 13.1. The Morgan fingerprint density at radius 3 is 2.47 bits per heavy atom. The second-order valence-corrected chi connectivity index (χ2v) is 4.09. The topological polar surface area (TPSA) is 66.4 Å². The Bertz CT molecular complexity index is 447. The van der Waals surface area contributed by atoms with Crippen molar-refractivity contribution in [1.29, 1.82) is 0 Å². The molecule has 0 bridgehead atoms. The van der Waals surface area contributed by atoms with Gasteiger partial charge in [-0.3, -0.25) is 4.79 Å². The summed E-state index contributed by atoms with van der Waals surface area (Å²) in [5.41, 5.74) is -1.25. The van der Waals surface area contributed by atoms with Crippen LogP contribution in [0.2, 0.25) is 0 Å². The molecule has 1 amide bonds. The van der Waals surface area contributed by atoms with Crippen LogP contribution in [0.25, 0.3) is 0 Å². The molecule has 4 nitrogen and oxygen atoms in total. The van der Waals surface area contributed by atoms with Crippen molar-refractivity contribution in [3.05, 3.63) is 35.6 Å². The number of hydrogen-bond acceptors (Lipinski definition) is 2. The molecule has 0 radical (unpaired) electrons. The highest BCUT2D eigenvalue weighted by Crippen LogP contribution is 2.16. The number of carboxylic acid groups (broad SMARTS) is 1. The average molecular weight is 239 g/mol. The fraction of sp³-hybridized carbons (Fsp3) is 0.333. The number of carbonyl (C=O) groups excluding carboxylic acids is 1. The van der Waals surface area contributed by atoms with Crippen LogP contribution in [-0.2, 0) is 16.0 Å². The first-order chi connectivity index (χ1) is 7.85. The monoisotopic (exact) mass is 239 g/mol. The lowest BCUT2D eigenvalue weighted by Gasteiger charge is -2.25. The highest BCUT2D eigenvalue weighted by Gasteiger charge is 2.34. The zero-order valence-corrected chi connectivity index (χ0v) is 9.66. The van der Waals surface area contributed by atoms with Gasteiger partial charge in [0.15, 0.2) is 0 Å². The number of carbonyl (C=O) groups is 2. The predicted molar refractivity (Wildman–Crippen MR) is 60.0 cm³/mol. The first-order valence-electron chi connectivity index (χ1n) is 5.11. The number of amides is 1. The van der Waals surface area contributed by atoms with E-state index < -0.39 is 23.2 Å². The second kappa shape index (κ2) is 4.95. The normalized spacial score (nSPS) is 13.8. The molecular formula is C12H14FNO3. The summed E-state index contributed by atoms with van der Waals surface area (Å²) in [5.74, 6) is -2.15. The van der Waals surface area contributed by atoms with Crippen molar-refractivity contribution in [2.75, 3.05) is 0 Å². The number of aliphatic carboxylic acids is 1. The lowest BCUT2D eigenvalue weighted by Crippen LogP contribution is -2.53. The molecule has 0 aliphatic rings. The van der Waals surface area contributed by atoms with Crippen LogP contribution in [0.5, 0.6) is 0 Å². The van der Waals surface area contributed by atoms with Crippen molar-refractivity contribution in [1.82, 2.24) is 5.32 Å². The van der Waals surface area contributed by atoms with Crippen molar-refractivity contribution in [2.24, 2.45) is 0 Å². The van der Waals surface area contributed by atoms with E-state index in [1.165, 1.54) is 32.0 Å². The molecular weight excluding hydrogens is 225 g/mol. The van der Waals surface area contributed by atoms with Gasteiger partial charge in [-0.1, -0.05) is 18.2 Å². The Kier molecular flexibility index (Phi) is 3.83. The first kappa shape index (κ1) is 13.2. The number of rotatable bonds is 4. The van der Waals surface area contributed by atoms with E-state index in [4.69, 9.17) is 5.11 Å². The molecule has 0 aliphatic carbocycles. The van der Waals surface area contributed by atoms with E-state index in [0.717, 1.165) is 0 Å². The van der Waals surface area contributed by atoms with Crippen molar-refractivity contribution >= 4 is 11.9 Å². The van der Waals surface area contributed by atoms with Gasteiger partial charge in [0.05, 0.1) is 0 Å². The van der Waals surface area contributed by atoms with Crippen LogP contribution < -0.4 is 5.32 Å². The Hall–Kier alpha value is -1.91. The van der Waals surface area contributed by atoms with Gasteiger partial charge in [-0.05, 0) is 18.6 Å². The molecule has 0 saturated heterocycles. The third-order valence-corrected chi connectivity index (χ3v) is 2.43. The van der Waals surface area contributed by atoms with Gasteiger partial charge < -0.3 is 10.4 Å². The largest absolute Gasteiger partial charge is 0.480 e. The van der Waals surface area contributed by atoms with Gasteiger partial charge in [0, 0.05) is 13.3 Å². The van der Waals surface area contributed by atoms with Crippen molar-refractivity contribution in [2.45, 2.75) is 25.8 Å². The van der Waals surface area contributed by atoms with Crippen LogP contribution in [0.1, 0.15) is 19.4 Å². The van der Waals surface area contributed by atoms with Gasteiger partial charge in [0.25, 0.3) is 0 Å². The highest BCUT2D eigenvalue weighted by atomic mass is 19.1. The summed E-state index contributed by atoms with van der Waals surface area (Å²) in [6.07, 6.45) is -0.103. The Labute approximate surface area is 98.5 Å². The summed E-state index contributed by atoms with van der Waals surface area (Å²) >= 11 is 0. The number of carboxylic acids is 1. The summed E-state index contributed by atoms with van der Waals surface area (Å²) in [6, 6.07) is 5.90. The predicted octanol–water partition coefficient (Wildman–Crippen LogP) is 1.35. The first-order valence-corrected chi connectivity index (χ1v) is 5.11. The maximum atomic E-state index is 13.4. The molecule has 17 heavy (non-hydrogen) atoms. The molecule has 2 N–H and O–H groups in total. The Balaban J connectivity index is 2.99. The fourth-order valence-electron chi connectivity index (χ4n) is 1.58. The van der Waals surface area contributed by atoms with Crippen LogP contribution in [0.4, 0.5) is 4.39 Å². The minimum absolute atomic E-state index is 0.103. The summed E-state index contributed by atoms with van der Waals surface area (Å²) in [4.78, 5) is 22.1. The molecule has 1 atom stereocenters. The van der Waals surface area contributed by atoms with Crippen LogP contribution >= 0.6 is 0 Å². The van der Waals surface area contributed by atoms with Gasteiger partial charge in [0.1, 0.15) is 11.4 Å². The quantitative estimate of drug-likeness (QED) is 0.833. The van der Waals surface area contributed by atoms with Gasteiger partial charge >= 0.3 is 5.97 Å². The molecule has 1 unspecified atom stereocenters. The molecule has 5 heteroatoms. The molecule has 0 fully saturated rings. The van der Waals surface area contributed by atoms with Crippen LogP contribution in [0.3, 0.4) is 0 Å². The molecule has 0 spiro atoms. The summed E-state index contributed by atoms with van der Waals surface area (Å²) in [7, 11) is 0. The molecule has 1 aromatic rings.